The predicted molar refractivity (Wildman–Crippen MR) is 74.9 cm³/mol. The molecule has 1 saturated heterocycles. The van der Waals surface area contributed by atoms with Crippen molar-refractivity contribution in [2.45, 2.75) is 25.4 Å². The number of nitrogens with one attached hydrogen (secondary N) is 1. The van der Waals surface area contributed by atoms with E-state index >= 15 is 0 Å². The first-order valence-corrected chi connectivity index (χ1v) is 6.95. The summed E-state index contributed by atoms with van der Waals surface area (Å²) in [6, 6.07) is 7.10. The van der Waals surface area contributed by atoms with E-state index < -0.39 is 5.60 Å². The maximum atomic E-state index is 12.2. The fourth-order valence-corrected chi connectivity index (χ4v) is 2.20. The van der Waals surface area contributed by atoms with Crippen molar-refractivity contribution in [1.29, 1.82) is 0 Å². The smallest absolute Gasteiger partial charge is 0.255 e. The van der Waals surface area contributed by atoms with Crippen LogP contribution in [-0.4, -0.2) is 43.0 Å². The largest absolute Gasteiger partial charge is 0.493 e. The number of ether oxygens (including phenoxy) is 2. The summed E-state index contributed by atoms with van der Waals surface area (Å²) < 4.78 is 10.6. The second-order valence-corrected chi connectivity index (χ2v) is 4.95. The molecule has 2 N–H and O–H groups in total. The van der Waals surface area contributed by atoms with Gasteiger partial charge in [-0.15, -0.1) is 0 Å². The van der Waals surface area contributed by atoms with Gasteiger partial charge in [-0.1, -0.05) is 12.1 Å². The Morgan fingerprint density at radius 1 is 1.40 bits per heavy atom. The summed E-state index contributed by atoms with van der Waals surface area (Å²) in [6.45, 7) is 3.67. The fraction of sp³-hybridized carbons (Fsp3) is 0.533. The molecule has 0 unspecified atom stereocenters. The lowest BCUT2D eigenvalue weighted by molar-refractivity contribution is -0.0605. The van der Waals surface area contributed by atoms with Crippen LogP contribution in [0.1, 0.15) is 30.1 Å². The Morgan fingerprint density at radius 2 is 2.10 bits per heavy atom. The van der Waals surface area contributed by atoms with Crippen molar-refractivity contribution < 1.29 is 19.4 Å². The second kappa shape index (κ2) is 6.72. The maximum Gasteiger partial charge on any atom is 0.255 e. The van der Waals surface area contributed by atoms with Crippen LogP contribution >= 0.6 is 0 Å². The Hall–Kier alpha value is -1.59. The summed E-state index contributed by atoms with van der Waals surface area (Å²) in [5, 5.41) is 13.1. The van der Waals surface area contributed by atoms with E-state index in [2.05, 4.69) is 5.32 Å². The molecule has 1 amide bonds. The number of hydrogen-bond donors (Lipinski definition) is 2. The lowest BCUT2D eigenvalue weighted by Crippen LogP contribution is -2.46. The Balaban J connectivity index is 1.98. The van der Waals surface area contributed by atoms with Crippen LogP contribution in [0.4, 0.5) is 0 Å². The van der Waals surface area contributed by atoms with E-state index in [-0.39, 0.29) is 12.5 Å². The number of carbonyl (C=O) groups is 1. The molecule has 1 aliphatic heterocycles. The molecule has 0 saturated carbocycles. The van der Waals surface area contributed by atoms with E-state index in [1.165, 1.54) is 0 Å². The zero-order valence-corrected chi connectivity index (χ0v) is 11.7. The van der Waals surface area contributed by atoms with Gasteiger partial charge in [0.2, 0.25) is 0 Å². The van der Waals surface area contributed by atoms with Gasteiger partial charge in [0.05, 0.1) is 17.8 Å². The highest BCUT2D eigenvalue weighted by atomic mass is 16.5. The molecular formula is C15H21NO4. The van der Waals surface area contributed by atoms with Gasteiger partial charge in [-0.2, -0.15) is 0 Å². The molecule has 1 fully saturated rings. The number of benzene rings is 1. The van der Waals surface area contributed by atoms with Crippen LogP contribution in [0.15, 0.2) is 24.3 Å². The first-order valence-electron chi connectivity index (χ1n) is 6.95. The van der Waals surface area contributed by atoms with Crippen molar-refractivity contribution in [1.82, 2.24) is 5.32 Å². The van der Waals surface area contributed by atoms with Crippen LogP contribution in [0, 0.1) is 0 Å². The molecule has 5 nitrogen and oxygen atoms in total. The van der Waals surface area contributed by atoms with E-state index in [1.54, 1.807) is 18.2 Å². The lowest BCUT2D eigenvalue weighted by atomic mass is 9.94. The zero-order chi connectivity index (χ0) is 14.4. The van der Waals surface area contributed by atoms with E-state index in [0.717, 1.165) is 0 Å². The van der Waals surface area contributed by atoms with Crippen LogP contribution in [0.2, 0.25) is 0 Å². The molecule has 0 radical (unpaired) electrons. The van der Waals surface area contributed by atoms with Gasteiger partial charge in [0.15, 0.2) is 0 Å². The van der Waals surface area contributed by atoms with Gasteiger partial charge >= 0.3 is 0 Å². The fourth-order valence-electron chi connectivity index (χ4n) is 2.20. The molecule has 0 atom stereocenters. The Kier molecular flexibility index (Phi) is 4.98. The van der Waals surface area contributed by atoms with Crippen LogP contribution in [0.5, 0.6) is 5.75 Å². The summed E-state index contributed by atoms with van der Waals surface area (Å²) in [5.74, 6) is 0.334. The lowest BCUT2D eigenvalue weighted by Gasteiger charge is -2.32. The van der Waals surface area contributed by atoms with Gasteiger partial charge in [-0.25, -0.2) is 0 Å². The maximum absolute atomic E-state index is 12.2. The SMILES string of the molecule is CCOc1ccccc1C(=O)NCC1(O)CCOCC1. The van der Waals surface area contributed by atoms with Crippen LogP contribution < -0.4 is 10.1 Å². The summed E-state index contributed by atoms with van der Waals surface area (Å²) in [6.07, 6.45) is 1.08. The molecule has 1 aliphatic rings. The third kappa shape index (κ3) is 3.71. The molecule has 0 aliphatic carbocycles. The highest BCUT2D eigenvalue weighted by Gasteiger charge is 2.30. The molecule has 20 heavy (non-hydrogen) atoms. The molecule has 2 rings (SSSR count). The number of amides is 1. The van der Waals surface area contributed by atoms with E-state index in [1.807, 2.05) is 13.0 Å². The van der Waals surface area contributed by atoms with Crippen molar-refractivity contribution in [2.75, 3.05) is 26.4 Å². The molecule has 110 valence electrons. The summed E-state index contributed by atoms with van der Waals surface area (Å²) in [5.41, 5.74) is -0.376. The first-order chi connectivity index (χ1) is 9.64. The van der Waals surface area contributed by atoms with Gasteiger partial charge in [-0.3, -0.25) is 4.79 Å². The minimum absolute atomic E-state index is 0.228. The summed E-state index contributed by atoms with van der Waals surface area (Å²) in [7, 11) is 0. The van der Waals surface area contributed by atoms with E-state index in [0.29, 0.717) is 44.0 Å². The zero-order valence-electron chi connectivity index (χ0n) is 11.7. The first kappa shape index (κ1) is 14.8. The Bertz CT molecular complexity index is 455. The minimum Gasteiger partial charge on any atom is -0.493 e. The normalized spacial score (nSPS) is 17.5. The molecule has 1 aromatic carbocycles. The van der Waals surface area contributed by atoms with Gasteiger partial charge < -0.3 is 19.9 Å². The third-order valence-corrected chi connectivity index (χ3v) is 3.43. The van der Waals surface area contributed by atoms with Crippen LogP contribution in [-0.2, 0) is 4.74 Å². The molecule has 5 heteroatoms. The van der Waals surface area contributed by atoms with Gasteiger partial charge in [0, 0.05) is 32.6 Å². The van der Waals surface area contributed by atoms with Crippen LogP contribution in [0.25, 0.3) is 0 Å². The monoisotopic (exact) mass is 279 g/mol. The summed E-state index contributed by atoms with van der Waals surface area (Å²) in [4.78, 5) is 12.2. The highest BCUT2D eigenvalue weighted by molar-refractivity contribution is 5.96. The average molecular weight is 279 g/mol. The van der Waals surface area contributed by atoms with Gasteiger partial charge in [0.25, 0.3) is 5.91 Å². The predicted octanol–water partition coefficient (Wildman–Crippen LogP) is 1.36. The standard InChI is InChI=1S/C15H21NO4/c1-2-20-13-6-4-3-5-12(13)14(17)16-11-15(18)7-9-19-10-8-15/h3-6,18H,2,7-11H2,1H3,(H,16,17). The van der Waals surface area contributed by atoms with Crippen LogP contribution in [0.3, 0.4) is 0 Å². The number of hydrogen-bond acceptors (Lipinski definition) is 4. The van der Waals surface area contributed by atoms with Crippen molar-refractivity contribution in [3.63, 3.8) is 0 Å². The molecule has 1 aromatic rings. The number of rotatable bonds is 5. The topological polar surface area (TPSA) is 67.8 Å². The Morgan fingerprint density at radius 3 is 2.80 bits per heavy atom. The van der Waals surface area contributed by atoms with E-state index in [9.17, 15) is 9.90 Å². The second-order valence-electron chi connectivity index (χ2n) is 4.95. The summed E-state index contributed by atoms with van der Waals surface area (Å²) >= 11 is 0. The van der Waals surface area contributed by atoms with Gasteiger partial charge in [-0.05, 0) is 19.1 Å². The van der Waals surface area contributed by atoms with Crippen molar-refractivity contribution in [3.8, 4) is 5.75 Å². The molecule has 0 bridgehead atoms. The number of para-hydroxylation sites is 1. The van der Waals surface area contributed by atoms with Crippen molar-refractivity contribution >= 4 is 5.91 Å². The molecule has 0 aromatic heterocycles. The molecule has 0 spiro atoms. The van der Waals surface area contributed by atoms with Crippen molar-refractivity contribution in [2.24, 2.45) is 0 Å². The highest BCUT2D eigenvalue weighted by Crippen LogP contribution is 2.21. The van der Waals surface area contributed by atoms with Gasteiger partial charge in [0.1, 0.15) is 5.75 Å². The third-order valence-electron chi connectivity index (χ3n) is 3.43. The minimum atomic E-state index is -0.867. The molecular weight excluding hydrogens is 258 g/mol. The molecule has 1 heterocycles. The number of aliphatic hydroxyl groups is 1. The Labute approximate surface area is 118 Å². The van der Waals surface area contributed by atoms with E-state index in [4.69, 9.17) is 9.47 Å². The average Bonchev–Trinajstić information content (AvgIpc) is 2.47. The van der Waals surface area contributed by atoms with Crippen molar-refractivity contribution in [3.05, 3.63) is 29.8 Å². The number of carbonyl (C=O) groups excluding carboxylic acids is 1. The quantitative estimate of drug-likeness (QED) is 0.854.